The number of hydrogen-bond donors (Lipinski definition) is 3. The first-order valence-corrected chi connectivity index (χ1v) is 6.14. The highest BCUT2D eigenvalue weighted by molar-refractivity contribution is 7.80. The second-order valence-corrected chi connectivity index (χ2v) is 4.33. The van der Waals surface area contributed by atoms with E-state index in [-0.39, 0.29) is 18.4 Å². The first-order chi connectivity index (χ1) is 8.93. The van der Waals surface area contributed by atoms with E-state index in [0.29, 0.717) is 11.8 Å². The summed E-state index contributed by atoms with van der Waals surface area (Å²) in [4.78, 5) is 22.4. The lowest BCUT2D eigenvalue weighted by Gasteiger charge is -2.13. The number of thiol groups is 1. The van der Waals surface area contributed by atoms with Gasteiger partial charge >= 0.3 is 5.97 Å². The van der Waals surface area contributed by atoms with E-state index in [9.17, 15) is 18.4 Å². The lowest BCUT2D eigenvalue weighted by molar-refractivity contribution is -0.141. The van der Waals surface area contributed by atoms with Crippen LogP contribution in [0.15, 0.2) is 18.2 Å². The standard InChI is InChI=1S/C12H13F2NO3S/c13-8-2-1-7(9(14)6-8)5-11(16)15-10(3-4-19)12(17)18/h1-2,6,10,19H,3-5H2,(H,15,16)(H,17,18). The van der Waals surface area contributed by atoms with Crippen LogP contribution < -0.4 is 5.32 Å². The Hall–Kier alpha value is -1.63. The quantitative estimate of drug-likeness (QED) is 0.693. The molecular formula is C12H13F2NO3S. The monoisotopic (exact) mass is 289 g/mol. The first-order valence-electron chi connectivity index (χ1n) is 5.51. The van der Waals surface area contributed by atoms with Crippen LogP contribution in [0.5, 0.6) is 0 Å². The molecule has 0 aromatic heterocycles. The van der Waals surface area contributed by atoms with Gasteiger partial charge in [0.25, 0.3) is 0 Å². The second kappa shape index (κ2) is 7.08. The third kappa shape index (κ3) is 4.86. The predicted octanol–water partition coefficient (Wildman–Crippen LogP) is 1.40. The number of nitrogens with one attached hydrogen (secondary N) is 1. The van der Waals surface area contributed by atoms with Gasteiger partial charge in [-0.05, 0) is 23.8 Å². The van der Waals surface area contributed by atoms with Gasteiger partial charge in [-0.2, -0.15) is 12.6 Å². The fourth-order valence-electron chi connectivity index (χ4n) is 1.47. The molecule has 0 aliphatic rings. The molecule has 104 valence electrons. The fourth-order valence-corrected chi connectivity index (χ4v) is 1.73. The predicted molar refractivity (Wildman–Crippen MR) is 68.1 cm³/mol. The molecule has 1 unspecified atom stereocenters. The summed E-state index contributed by atoms with van der Waals surface area (Å²) in [7, 11) is 0. The minimum absolute atomic E-state index is 0.00825. The van der Waals surface area contributed by atoms with E-state index >= 15 is 0 Å². The molecule has 1 aromatic rings. The number of rotatable bonds is 6. The van der Waals surface area contributed by atoms with Crippen molar-refractivity contribution in [3.63, 3.8) is 0 Å². The second-order valence-electron chi connectivity index (χ2n) is 3.88. The van der Waals surface area contributed by atoms with Gasteiger partial charge in [-0.3, -0.25) is 4.79 Å². The van der Waals surface area contributed by atoms with Gasteiger partial charge in [0.05, 0.1) is 6.42 Å². The van der Waals surface area contributed by atoms with Crippen molar-refractivity contribution in [1.82, 2.24) is 5.32 Å². The van der Waals surface area contributed by atoms with Crippen LogP contribution in [0.25, 0.3) is 0 Å². The molecule has 7 heteroatoms. The number of halogens is 2. The molecule has 1 amide bonds. The van der Waals surface area contributed by atoms with Crippen LogP contribution in [0.3, 0.4) is 0 Å². The molecule has 0 heterocycles. The van der Waals surface area contributed by atoms with E-state index < -0.39 is 29.6 Å². The van der Waals surface area contributed by atoms with Gasteiger partial charge in [-0.1, -0.05) is 6.07 Å². The van der Waals surface area contributed by atoms with Crippen LogP contribution in [0.1, 0.15) is 12.0 Å². The molecule has 1 aromatic carbocycles. The van der Waals surface area contributed by atoms with Crippen molar-refractivity contribution in [3.05, 3.63) is 35.4 Å². The highest BCUT2D eigenvalue weighted by Crippen LogP contribution is 2.10. The van der Waals surface area contributed by atoms with Gasteiger partial charge in [-0.15, -0.1) is 0 Å². The average Bonchev–Trinajstić information content (AvgIpc) is 2.32. The van der Waals surface area contributed by atoms with Crippen molar-refractivity contribution in [2.45, 2.75) is 18.9 Å². The fraction of sp³-hybridized carbons (Fsp3) is 0.333. The van der Waals surface area contributed by atoms with E-state index in [4.69, 9.17) is 5.11 Å². The summed E-state index contributed by atoms with van der Waals surface area (Å²) in [5, 5.41) is 11.1. The van der Waals surface area contributed by atoms with Gasteiger partial charge in [0.15, 0.2) is 0 Å². The Kier molecular flexibility index (Phi) is 5.75. The Morgan fingerprint density at radius 2 is 2.05 bits per heavy atom. The summed E-state index contributed by atoms with van der Waals surface area (Å²) in [5.41, 5.74) is 0.00825. The van der Waals surface area contributed by atoms with E-state index in [1.807, 2.05) is 0 Å². The molecule has 19 heavy (non-hydrogen) atoms. The summed E-state index contributed by atoms with van der Waals surface area (Å²) in [5.74, 6) is -3.10. The Morgan fingerprint density at radius 3 is 2.58 bits per heavy atom. The van der Waals surface area contributed by atoms with Crippen LogP contribution in [0.2, 0.25) is 0 Å². The van der Waals surface area contributed by atoms with E-state index in [2.05, 4.69) is 17.9 Å². The molecule has 0 saturated carbocycles. The van der Waals surface area contributed by atoms with Gasteiger partial charge in [0, 0.05) is 6.07 Å². The summed E-state index contributed by atoms with van der Waals surface area (Å²) in [6.07, 6.45) is -0.182. The molecule has 0 spiro atoms. The molecule has 0 aliphatic carbocycles. The SMILES string of the molecule is O=C(Cc1ccc(F)cc1F)NC(CCS)C(=O)O. The number of carbonyl (C=O) groups excluding carboxylic acids is 1. The molecular weight excluding hydrogens is 276 g/mol. The zero-order chi connectivity index (χ0) is 14.4. The molecule has 0 fully saturated rings. The lowest BCUT2D eigenvalue weighted by atomic mass is 10.1. The van der Waals surface area contributed by atoms with Gasteiger partial charge < -0.3 is 10.4 Å². The third-order valence-corrected chi connectivity index (χ3v) is 2.68. The minimum atomic E-state index is -1.18. The van der Waals surface area contributed by atoms with E-state index in [1.54, 1.807) is 0 Å². The van der Waals surface area contributed by atoms with Gasteiger partial charge in [-0.25, -0.2) is 13.6 Å². The Labute approximate surface area is 114 Å². The molecule has 0 bridgehead atoms. The Bertz CT molecular complexity index is 482. The molecule has 1 rings (SSSR count). The van der Waals surface area contributed by atoms with Crippen molar-refractivity contribution >= 4 is 24.5 Å². The van der Waals surface area contributed by atoms with Crippen molar-refractivity contribution in [1.29, 1.82) is 0 Å². The largest absolute Gasteiger partial charge is 0.480 e. The van der Waals surface area contributed by atoms with Crippen molar-refractivity contribution in [2.75, 3.05) is 5.75 Å². The highest BCUT2D eigenvalue weighted by atomic mass is 32.1. The molecule has 0 aliphatic heterocycles. The van der Waals surface area contributed by atoms with Crippen LogP contribution in [0.4, 0.5) is 8.78 Å². The number of aliphatic carboxylic acids is 1. The van der Waals surface area contributed by atoms with Crippen molar-refractivity contribution < 1.29 is 23.5 Å². The number of carbonyl (C=O) groups is 2. The normalized spacial score (nSPS) is 11.9. The zero-order valence-corrected chi connectivity index (χ0v) is 10.8. The van der Waals surface area contributed by atoms with Crippen molar-refractivity contribution in [3.8, 4) is 0 Å². The zero-order valence-electron chi connectivity index (χ0n) is 9.90. The van der Waals surface area contributed by atoms with Crippen molar-refractivity contribution in [2.24, 2.45) is 0 Å². The lowest BCUT2D eigenvalue weighted by Crippen LogP contribution is -2.41. The highest BCUT2D eigenvalue weighted by Gasteiger charge is 2.19. The van der Waals surface area contributed by atoms with E-state index in [1.165, 1.54) is 0 Å². The van der Waals surface area contributed by atoms with Gasteiger partial charge in [0.2, 0.25) is 5.91 Å². The van der Waals surface area contributed by atoms with Crippen LogP contribution >= 0.6 is 12.6 Å². The van der Waals surface area contributed by atoms with Crippen LogP contribution in [-0.2, 0) is 16.0 Å². The third-order valence-electron chi connectivity index (χ3n) is 2.42. The topological polar surface area (TPSA) is 66.4 Å². The van der Waals surface area contributed by atoms with Crippen LogP contribution in [-0.4, -0.2) is 28.8 Å². The number of hydrogen-bond acceptors (Lipinski definition) is 3. The average molecular weight is 289 g/mol. The number of benzene rings is 1. The Morgan fingerprint density at radius 1 is 1.37 bits per heavy atom. The summed E-state index contributed by atoms with van der Waals surface area (Å²) >= 11 is 3.89. The van der Waals surface area contributed by atoms with E-state index in [0.717, 1.165) is 12.1 Å². The maximum Gasteiger partial charge on any atom is 0.326 e. The molecule has 0 saturated heterocycles. The summed E-state index contributed by atoms with van der Waals surface area (Å²) in [6.45, 7) is 0. The van der Waals surface area contributed by atoms with Gasteiger partial charge in [0.1, 0.15) is 17.7 Å². The molecule has 2 N–H and O–H groups in total. The molecule has 0 radical (unpaired) electrons. The number of carboxylic acid groups (broad SMARTS) is 1. The number of carboxylic acids is 1. The first kappa shape index (κ1) is 15.4. The molecule has 4 nitrogen and oxygen atoms in total. The summed E-state index contributed by atoms with van der Waals surface area (Å²) < 4.78 is 26.0. The van der Waals surface area contributed by atoms with Crippen LogP contribution in [0, 0.1) is 11.6 Å². The Balaban J connectivity index is 2.66. The number of amides is 1. The maximum atomic E-state index is 13.3. The summed E-state index contributed by atoms with van der Waals surface area (Å²) in [6, 6.07) is 1.80. The smallest absolute Gasteiger partial charge is 0.326 e. The minimum Gasteiger partial charge on any atom is -0.480 e. The maximum absolute atomic E-state index is 13.3. The molecule has 1 atom stereocenters.